The molecule has 0 bridgehead atoms. The van der Waals surface area contributed by atoms with Crippen LogP contribution in [0.3, 0.4) is 0 Å². The minimum Gasteiger partial charge on any atom is -0.246 e. The normalized spacial score (nSPS) is 16.0. The monoisotopic (exact) mass is 286 g/mol. The van der Waals surface area contributed by atoms with Gasteiger partial charge in [0.15, 0.2) is 0 Å². The van der Waals surface area contributed by atoms with E-state index in [2.05, 4.69) is 36.4 Å². The molecule has 0 amide bonds. The predicted molar refractivity (Wildman–Crippen MR) is 61.8 cm³/mol. The minimum atomic E-state index is -0.572. The largest absolute Gasteiger partial charge is 0.246 e. The predicted octanol–water partition coefficient (Wildman–Crippen LogP) is 4.51. The van der Waals surface area contributed by atoms with E-state index >= 15 is 0 Å². The first-order valence-corrected chi connectivity index (χ1v) is 6.25. The highest BCUT2D eigenvalue weighted by molar-refractivity contribution is 14.1. The molecule has 0 saturated heterocycles. The molecule has 0 radical (unpaired) electrons. The zero-order valence-electron chi connectivity index (χ0n) is 8.15. The Hall–Kier alpha value is 0.660. The lowest BCUT2D eigenvalue weighted by atomic mass is 10.1. The van der Waals surface area contributed by atoms with Crippen LogP contribution in [0.2, 0.25) is 0 Å². The minimum absolute atomic E-state index is 0.245. The number of alkyl halides is 2. The van der Waals surface area contributed by atoms with Crippen molar-refractivity contribution in [3.63, 3.8) is 0 Å². The molecule has 12 heavy (non-hydrogen) atoms. The maximum Gasteiger partial charge on any atom is 0.112 e. The second-order valence-corrected chi connectivity index (χ2v) is 4.92. The second kappa shape index (κ2) is 8.27. The molecule has 0 rings (SSSR count). The quantitative estimate of drug-likeness (QED) is 0.477. The molecule has 0 aliphatic heterocycles. The maximum absolute atomic E-state index is 13.3. The fourth-order valence-electron chi connectivity index (χ4n) is 1.16. The van der Waals surface area contributed by atoms with Crippen molar-refractivity contribution < 1.29 is 4.39 Å². The molecule has 0 spiro atoms. The van der Waals surface area contributed by atoms with E-state index in [4.69, 9.17) is 0 Å². The van der Waals surface area contributed by atoms with E-state index in [1.54, 1.807) is 0 Å². The van der Waals surface area contributed by atoms with Gasteiger partial charge in [-0.15, -0.1) is 0 Å². The first kappa shape index (κ1) is 12.7. The summed E-state index contributed by atoms with van der Waals surface area (Å²) in [6.07, 6.45) is 5.72. The molecule has 2 unspecified atom stereocenters. The van der Waals surface area contributed by atoms with Gasteiger partial charge in [-0.2, -0.15) is 0 Å². The van der Waals surface area contributed by atoms with Crippen LogP contribution in [0.1, 0.15) is 52.4 Å². The van der Waals surface area contributed by atoms with Gasteiger partial charge in [-0.1, -0.05) is 62.1 Å². The van der Waals surface area contributed by atoms with Crippen LogP contribution in [-0.4, -0.2) is 10.1 Å². The van der Waals surface area contributed by atoms with Gasteiger partial charge >= 0.3 is 0 Å². The number of hydrogen-bond acceptors (Lipinski definition) is 0. The zero-order valence-corrected chi connectivity index (χ0v) is 10.3. The molecule has 0 nitrogen and oxygen atoms in total. The molecule has 0 fully saturated rings. The molecule has 74 valence electrons. The molecule has 2 heteroatoms. The van der Waals surface area contributed by atoms with Gasteiger partial charge in [0.25, 0.3) is 0 Å². The molecule has 0 aromatic rings. The molecule has 0 saturated carbocycles. The van der Waals surface area contributed by atoms with Crippen molar-refractivity contribution >= 4 is 22.6 Å². The van der Waals surface area contributed by atoms with Gasteiger partial charge in [-0.3, -0.25) is 0 Å². The van der Waals surface area contributed by atoms with E-state index in [1.165, 1.54) is 12.8 Å². The summed E-state index contributed by atoms with van der Waals surface area (Å²) in [7, 11) is 0. The van der Waals surface area contributed by atoms with Gasteiger partial charge in [0.1, 0.15) is 6.17 Å². The molecule has 0 aromatic carbocycles. The summed E-state index contributed by atoms with van der Waals surface area (Å²) in [5.74, 6) is 0. The standard InChI is InChI=1S/C10H20FI/c1-3-5-7-9(11)10(12)8-6-4-2/h9-10H,3-8H2,1-2H3. The van der Waals surface area contributed by atoms with Crippen LogP contribution in [-0.2, 0) is 0 Å². The third-order valence-corrected chi connectivity index (χ3v) is 3.46. The molecule has 2 atom stereocenters. The van der Waals surface area contributed by atoms with E-state index in [0.717, 1.165) is 25.7 Å². The lowest BCUT2D eigenvalue weighted by molar-refractivity contribution is 0.297. The summed E-state index contributed by atoms with van der Waals surface area (Å²) < 4.78 is 13.5. The van der Waals surface area contributed by atoms with Crippen LogP contribution in [0.5, 0.6) is 0 Å². The van der Waals surface area contributed by atoms with Crippen molar-refractivity contribution in [2.24, 2.45) is 0 Å². The fourth-order valence-corrected chi connectivity index (χ4v) is 1.96. The van der Waals surface area contributed by atoms with Crippen LogP contribution in [0, 0.1) is 0 Å². The average molecular weight is 286 g/mol. The topological polar surface area (TPSA) is 0 Å². The van der Waals surface area contributed by atoms with Crippen molar-refractivity contribution in [3.05, 3.63) is 0 Å². The van der Waals surface area contributed by atoms with Crippen molar-refractivity contribution in [2.75, 3.05) is 0 Å². The maximum atomic E-state index is 13.3. The van der Waals surface area contributed by atoms with E-state index in [0.29, 0.717) is 0 Å². The van der Waals surface area contributed by atoms with E-state index in [9.17, 15) is 4.39 Å². The third kappa shape index (κ3) is 6.21. The Morgan fingerprint density at radius 3 is 2.08 bits per heavy atom. The Morgan fingerprint density at radius 2 is 1.58 bits per heavy atom. The summed E-state index contributed by atoms with van der Waals surface area (Å²) in [5, 5.41) is 0. The fraction of sp³-hybridized carbons (Fsp3) is 1.00. The van der Waals surface area contributed by atoms with Crippen molar-refractivity contribution in [1.82, 2.24) is 0 Å². The van der Waals surface area contributed by atoms with E-state index in [1.807, 2.05) is 0 Å². The van der Waals surface area contributed by atoms with E-state index in [-0.39, 0.29) is 3.92 Å². The van der Waals surface area contributed by atoms with Crippen LogP contribution in [0.4, 0.5) is 4.39 Å². The van der Waals surface area contributed by atoms with Gasteiger partial charge in [-0.05, 0) is 12.8 Å². The molecule has 0 aliphatic rings. The molecule has 0 heterocycles. The van der Waals surface area contributed by atoms with Crippen LogP contribution in [0.15, 0.2) is 0 Å². The van der Waals surface area contributed by atoms with Crippen molar-refractivity contribution in [2.45, 2.75) is 62.5 Å². The first-order valence-electron chi connectivity index (χ1n) is 5.00. The summed E-state index contributed by atoms with van der Waals surface area (Å²) >= 11 is 2.26. The molecule has 0 aromatic heterocycles. The van der Waals surface area contributed by atoms with Crippen molar-refractivity contribution in [1.29, 1.82) is 0 Å². The highest BCUT2D eigenvalue weighted by atomic mass is 127. The van der Waals surface area contributed by atoms with Crippen molar-refractivity contribution in [3.8, 4) is 0 Å². The molecule has 0 aliphatic carbocycles. The van der Waals surface area contributed by atoms with Gasteiger partial charge in [0, 0.05) is 3.92 Å². The van der Waals surface area contributed by atoms with Gasteiger partial charge in [0.05, 0.1) is 0 Å². The van der Waals surface area contributed by atoms with Gasteiger partial charge in [0.2, 0.25) is 0 Å². The molecule has 0 N–H and O–H groups in total. The lowest BCUT2D eigenvalue weighted by Gasteiger charge is -2.13. The lowest BCUT2D eigenvalue weighted by Crippen LogP contribution is -2.15. The SMILES string of the molecule is CCCCC(F)C(I)CCCC. The zero-order chi connectivity index (χ0) is 9.40. The van der Waals surface area contributed by atoms with Gasteiger partial charge < -0.3 is 0 Å². The molecular formula is C10H20FI. The number of hydrogen-bond donors (Lipinski definition) is 0. The Bertz CT molecular complexity index is 83.8. The Morgan fingerprint density at radius 1 is 1.08 bits per heavy atom. The summed E-state index contributed by atoms with van der Waals surface area (Å²) in [6, 6.07) is 0. The van der Waals surface area contributed by atoms with Crippen LogP contribution in [0.25, 0.3) is 0 Å². The van der Waals surface area contributed by atoms with Gasteiger partial charge in [-0.25, -0.2) is 4.39 Å². The molecular weight excluding hydrogens is 266 g/mol. The highest BCUT2D eigenvalue weighted by Crippen LogP contribution is 2.21. The Kier molecular flexibility index (Phi) is 8.72. The summed E-state index contributed by atoms with van der Waals surface area (Å²) in [4.78, 5) is 0. The highest BCUT2D eigenvalue weighted by Gasteiger charge is 2.15. The third-order valence-electron chi connectivity index (χ3n) is 2.06. The first-order chi connectivity index (χ1) is 5.72. The summed E-state index contributed by atoms with van der Waals surface area (Å²) in [5.41, 5.74) is 0. The Balaban J connectivity index is 3.39. The number of unbranched alkanes of at least 4 members (excludes halogenated alkanes) is 2. The Labute approximate surface area is 89.5 Å². The smallest absolute Gasteiger partial charge is 0.112 e. The van der Waals surface area contributed by atoms with Crippen LogP contribution < -0.4 is 0 Å². The number of halogens is 2. The van der Waals surface area contributed by atoms with E-state index < -0.39 is 6.17 Å². The number of rotatable bonds is 7. The average Bonchev–Trinajstić information content (AvgIpc) is 2.10. The van der Waals surface area contributed by atoms with Crippen LogP contribution >= 0.6 is 22.6 Å². The second-order valence-electron chi connectivity index (χ2n) is 3.32. The summed E-state index contributed by atoms with van der Waals surface area (Å²) in [6.45, 7) is 4.27.